The van der Waals surface area contributed by atoms with Crippen LogP contribution in [0.15, 0.2) is 0 Å². The second kappa shape index (κ2) is 16.4. The van der Waals surface area contributed by atoms with Gasteiger partial charge in [-0.2, -0.15) is 0 Å². The van der Waals surface area contributed by atoms with E-state index in [1.807, 2.05) is 0 Å². The van der Waals surface area contributed by atoms with Gasteiger partial charge in [0.05, 0.1) is 0 Å². The summed E-state index contributed by atoms with van der Waals surface area (Å²) in [7, 11) is 0. The Morgan fingerprint density at radius 2 is 1.33 bits per heavy atom. The van der Waals surface area contributed by atoms with E-state index >= 15 is 0 Å². The molecule has 5 nitrogen and oxygen atoms in total. The van der Waals surface area contributed by atoms with Gasteiger partial charge in [-0.3, -0.25) is 0 Å². The Labute approximate surface area is 196 Å². The van der Waals surface area contributed by atoms with E-state index in [4.69, 9.17) is 7.56 Å². The van der Waals surface area contributed by atoms with Crippen molar-refractivity contribution in [2.75, 3.05) is 0 Å². The van der Waals surface area contributed by atoms with Crippen molar-refractivity contribution in [3.05, 3.63) is 0 Å². The Balaban J connectivity index is 6.43. The number of rotatable bonds is 18. The Kier molecular flexibility index (Phi) is 16.8. The fourth-order valence-electron chi connectivity index (χ4n) is 4.39. The molecular weight excluding hydrogens is 594 g/mol. The normalized spacial score (nSPS) is 15.4. The first-order chi connectivity index (χ1) is 14.1. The van der Waals surface area contributed by atoms with Crippen LogP contribution in [0, 0.1) is 5.92 Å². The maximum atomic E-state index is 11.8. The third kappa shape index (κ3) is 11.1. The van der Waals surface area contributed by atoms with Gasteiger partial charge in [0.1, 0.15) is 0 Å². The number of carboxylic acid groups (broad SMARTS) is 1. The van der Waals surface area contributed by atoms with Crippen LogP contribution >= 0.6 is 0 Å². The van der Waals surface area contributed by atoms with Gasteiger partial charge in [0.25, 0.3) is 0 Å². The van der Waals surface area contributed by atoms with Gasteiger partial charge < -0.3 is 0 Å². The Hall–Kier alpha value is 0.787. The van der Waals surface area contributed by atoms with Gasteiger partial charge in [-0.05, 0) is 0 Å². The average molecular weight is 644 g/mol. The second-order valence-corrected chi connectivity index (χ2v) is 31.3. The van der Waals surface area contributed by atoms with E-state index in [-0.39, 0.29) is 6.10 Å². The molecule has 0 aliphatic heterocycles. The second-order valence-electron chi connectivity index (χ2n) is 9.31. The standard InChI is InChI=1S/C7H15.3C4H9.C3H7O.CH2O3.O.2Sn/c1-4-5-6-7(2)3;3*1-3-4-2;1-3(2)4;2-1(3)4;;;/h6-7H,4-5H2,1-3H3;3*1,3-4H2,2H3;3H,1-2H3;(H2,2,3,4);;;/q;;;;-1;;;2*+1/p-1. The van der Waals surface area contributed by atoms with Crippen molar-refractivity contribution < 1.29 is 17.5 Å². The maximum absolute atomic E-state index is 11.8. The van der Waals surface area contributed by atoms with Crippen LogP contribution in [-0.2, 0) is 7.56 Å². The van der Waals surface area contributed by atoms with E-state index in [0.717, 1.165) is 64.7 Å². The monoisotopic (exact) mass is 646 g/mol. The van der Waals surface area contributed by atoms with Crippen LogP contribution in [0.5, 0.6) is 0 Å². The van der Waals surface area contributed by atoms with Crippen molar-refractivity contribution in [1.82, 2.24) is 0 Å². The molecule has 2 unspecified atom stereocenters. The Morgan fingerprint density at radius 1 is 0.833 bits per heavy atom. The molecule has 0 aromatic rings. The van der Waals surface area contributed by atoms with Crippen LogP contribution in [0.2, 0.25) is 17.2 Å². The van der Waals surface area contributed by atoms with Gasteiger partial charge in [0, 0.05) is 0 Å². The molecule has 0 radical (unpaired) electrons. The fraction of sp³-hybridized carbons (Fsp3) is 0.957. The summed E-state index contributed by atoms with van der Waals surface area (Å²) < 4.78 is 23.1. The van der Waals surface area contributed by atoms with E-state index in [1.54, 1.807) is 0 Å². The number of hydrogen-bond acceptors (Lipinski definition) is 4. The zero-order valence-corrected chi connectivity index (χ0v) is 26.8. The van der Waals surface area contributed by atoms with E-state index in [9.17, 15) is 9.90 Å². The summed E-state index contributed by atoms with van der Waals surface area (Å²) in [5.41, 5.74) is 0. The summed E-state index contributed by atoms with van der Waals surface area (Å²) in [6, 6.07) is 0. The molecule has 0 spiro atoms. The summed E-state index contributed by atoms with van der Waals surface area (Å²) >= 11 is -7.55. The van der Waals surface area contributed by atoms with Crippen molar-refractivity contribution in [3.63, 3.8) is 0 Å². The summed E-state index contributed by atoms with van der Waals surface area (Å²) in [6.45, 7) is 17.6. The van der Waals surface area contributed by atoms with Crippen molar-refractivity contribution >= 4 is 44.6 Å². The first kappa shape index (κ1) is 30.8. The molecule has 0 bridgehead atoms. The van der Waals surface area contributed by atoms with Crippen molar-refractivity contribution in [3.8, 4) is 0 Å². The zero-order chi connectivity index (χ0) is 23.2. The van der Waals surface area contributed by atoms with Crippen molar-refractivity contribution in [1.29, 1.82) is 0 Å². The summed E-state index contributed by atoms with van der Waals surface area (Å²) in [4.78, 5) is 11.8. The zero-order valence-electron chi connectivity index (χ0n) is 21.1. The van der Waals surface area contributed by atoms with Crippen molar-refractivity contribution in [2.45, 2.75) is 130 Å². The van der Waals surface area contributed by atoms with E-state index in [0.29, 0.717) is 9.85 Å². The molecule has 0 fully saturated rings. The minimum atomic E-state index is -3.87. The first-order valence-corrected chi connectivity index (χ1v) is 24.8. The minimum absolute atomic E-state index is 0.0990. The molecule has 1 N–H and O–H groups in total. The predicted molar refractivity (Wildman–Crippen MR) is 131 cm³/mol. The molecule has 0 amide bonds. The predicted octanol–water partition coefficient (Wildman–Crippen LogP) is 8.23. The van der Waals surface area contributed by atoms with Gasteiger partial charge in [0.15, 0.2) is 0 Å². The molecule has 0 saturated heterocycles. The molecule has 0 saturated carbocycles. The number of carbonyl (C=O) groups is 1. The number of hydrogen-bond donors (Lipinski definition) is 1. The topological polar surface area (TPSA) is 65.0 Å². The van der Waals surface area contributed by atoms with Crippen LogP contribution < -0.4 is 0 Å². The molecule has 0 aliphatic rings. The van der Waals surface area contributed by atoms with Gasteiger partial charge in [-0.15, -0.1) is 0 Å². The average Bonchev–Trinajstić information content (AvgIpc) is 2.65. The van der Waals surface area contributed by atoms with Crippen LogP contribution in [-0.4, -0.2) is 55.8 Å². The quantitative estimate of drug-likeness (QED) is 0.153. The van der Waals surface area contributed by atoms with E-state index < -0.39 is 44.6 Å². The van der Waals surface area contributed by atoms with Gasteiger partial charge >= 0.3 is 198 Å². The molecule has 0 rings (SSSR count). The Bertz CT molecular complexity index is 451. The molecule has 30 heavy (non-hydrogen) atoms. The van der Waals surface area contributed by atoms with E-state index in [2.05, 4.69) is 55.4 Å². The Morgan fingerprint density at radius 3 is 1.70 bits per heavy atom. The fourth-order valence-corrected chi connectivity index (χ4v) is 49.1. The van der Waals surface area contributed by atoms with Crippen LogP contribution in [0.1, 0.15) is 107 Å². The molecule has 0 heterocycles. The molecule has 7 heteroatoms. The molecule has 0 aliphatic carbocycles. The molecule has 0 aromatic carbocycles. The van der Waals surface area contributed by atoms with Crippen LogP contribution in [0.3, 0.4) is 0 Å². The first-order valence-electron chi connectivity index (χ1n) is 12.4. The third-order valence-electron chi connectivity index (χ3n) is 5.74. The van der Waals surface area contributed by atoms with E-state index in [1.165, 1.54) is 0 Å². The van der Waals surface area contributed by atoms with Crippen LogP contribution in [0.4, 0.5) is 4.79 Å². The number of unbranched alkanes of at least 4 members (excludes halogenated alkanes) is 3. The van der Waals surface area contributed by atoms with Gasteiger partial charge in [-0.1, -0.05) is 0 Å². The molecule has 2 atom stereocenters. The van der Waals surface area contributed by atoms with Gasteiger partial charge in [-0.25, -0.2) is 0 Å². The van der Waals surface area contributed by atoms with Crippen molar-refractivity contribution in [2.24, 2.45) is 5.92 Å². The molecular formula is C23H50O5Sn2. The molecule has 180 valence electrons. The summed E-state index contributed by atoms with van der Waals surface area (Å²) in [5.74, 6) is 0.475. The van der Waals surface area contributed by atoms with Gasteiger partial charge in [0.2, 0.25) is 0 Å². The molecule has 0 aromatic heterocycles. The summed E-state index contributed by atoms with van der Waals surface area (Å²) in [6.07, 6.45) is 7.36. The summed E-state index contributed by atoms with van der Waals surface area (Å²) in [5, 5.41) is 9.69. The SMILES string of the molecule is CCC[CH2][Sn]([CH2]CCC)([O]C(=O)O)[O][Sn]([CH2]CCC)([O]C(C)C)[CH](CCC)C(C)C. The third-order valence-corrected chi connectivity index (χ3v) is 40.9. The van der Waals surface area contributed by atoms with Crippen LogP contribution in [0.25, 0.3) is 0 Å².